The standard InChI is InChI=1S/C24H26F2N2O4/c25-20-4-1-5-21(26)22(20)24(30)28-10-2-3-17(15-28)16-32-19-8-6-18(7-9-19)23(29)27-11-13-31-14-12-27/h1,4-9,17H,2-3,10-16H2/t17-/m0/s1. The quantitative estimate of drug-likeness (QED) is 0.710. The molecule has 6 nitrogen and oxygen atoms in total. The van der Waals surface area contributed by atoms with Crippen molar-refractivity contribution in [1.82, 2.24) is 9.80 Å². The Hall–Kier alpha value is -3.00. The van der Waals surface area contributed by atoms with Crippen molar-refractivity contribution >= 4 is 11.8 Å². The SMILES string of the molecule is O=C(c1ccc(OC[C@H]2CCCN(C(=O)c3c(F)cccc3F)C2)cc1)N1CCOCC1. The van der Waals surface area contributed by atoms with Crippen LogP contribution in [0.3, 0.4) is 0 Å². The van der Waals surface area contributed by atoms with Gasteiger partial charge in [0.2, 0.25) is 0 Å². The zero-order valence-corrected chi connectivity index (χ0v) is 17.8. The Morgan fingerprint density at radius 1 is 0.938 bits per heavy atom. The number of ether oxygens (including phenoxy) is 2. The summed E-state index contributed by atoms with van der Waals surface area (Å²) in [5, 5.41) is 0. The summed E-state index contributed by atoms with van der Waals surface area (Å²) in [4.78, 5) is 28.4. The second-order valence-electron chi connectivity index (χ2n) is 8.10. The molecule has 0 spiro atoms. The van der Waals surface area contributed by atoms with E-state index in [1.807, 2.05) is 0 Å². The Kier molecular flexibility index (Phi) is 6.99. The van der Waals surface area contributed by atoms with Crippen molar-refractivity contribution in [3.05, 3.63) is 65.2 Å². The van der Waals surface area contributed by atoms with Gasteiger partial charge in [0.25, 0.3) is 11.8 Å². The number of hydrogen-bond acceptors (Lipinski definition) is 4. The number of likely N-dealkylation sites (tertiary alicyclic amines) is 1. The molecule has 32 heavy (non-hydrogen) atoms. The maximum atomic E-state index is 14.0. The average molecular weight is 444 g/mol. The molecule has 2 amide bonds. The molecule has 0 bridgehead atoms. The molecule has 2 saturated heterocycles. The van der Waals surface area contributed by atoms with E-state index in [2.05, 4.69) is 0 Å². The summed E-state index contributed by atoms with van der Waals surface area (Å²) < 4.78 is 39.1. The van der Waals surface area contributed by atoms with Crippen molar-refractivity contribution in [2.45, 2.75) is 12.8 Å². The van der Waals surface area contributed by atoms with Gasteiger partial charge in [-0.25, -0.2) is 8.78 Å². The number of piperidine rings is 1. The Balaban J connectivity index is 1.32. The number of nitrogens with zero attached hydrogens (tertiary/aromatic N) is 2. The average Bonchev–Trinajstić information content (AvgIpc) is 2.83. The lowest BCUT2D eigenvalue weighted by Gasteiger charge is -2.32. The van der Waals surface area contributed by atoms with E-state index in [-0.39, 0.29) is 11.8 Å². The molecule has 2 aliphatic rings. The second-order valence-corrected chi connectivity index (χ2v) is 8.10. The van der Waals surface area contributed by atoms with Gasteiger partial charge in [-0.15, -0.1) is 0 Å². The van der Waals surface area contributed by atoms with Crippen molar-refractivity contribution in [3.63, 3.8) is 0 Å². The van der Waals surface area contributed by atoms with Crippen molar-refractivity contribution < 1.29 is 27.8 Å². The molecule has 2 aromatic rings. The molecule has 0 N–H and O–H groups in total. The lowest BCUT2D eigenvalue weighted by molar-refractivity contribution is 0.0303. The highest BCUT2D eigenvalue weighted by molar-refractivity contribution is 5.95. The van der Waals surface area contributed by atoms with Crippen LogP contribution in [0.2, 0.25) is 0 Å². The van der Waals surface area contributed by atoms with Gasteiger partial charge in [-0.3, -0.25) is 9.59 Å². The fourth-order valence-electron chi connectivity index (χ4n) is 4.10. The molecule has 8 heteroatoms. The van der Waals surface area contributed by atoms with Crippen LogP contribution in [0.1, 0.15) is 33.6 Å². The zero-order valence-electron chi connectivity index (χ0n) is 17.8. The number of hydrogen-bond donors (Lipinski definition) is 0. The van der Waals surface area contributed by atoms with Gasteiger partial charge in [0.15, 0.2) is 0 Å². The van der Waals surface area contributed by atoms with Gasteiger partial charge in [0.05, 0.1) is 19.8 Å². The van der Waals surface area contributed by atoms with Crippen LogP contribution < -0.4 is 4.74 Å². The second kappa shape index (κ2) is 10.1. The van der Waals surface area contributed by atoms with Crippen molar-refractivity contribution in [1.29, 1.82) is 0 Å². The third-order valence-electron chi connectivity index (χ3n) is 5.87. The summed E-state index contributed by atoms with van der Waals surface area (Å²) in [5.41, 5.74) is 0.0928. The first-order valence-corrected chi connectivity index (χ1v) is 10.9. The lowest BCUT2D eigenvalue weighted by Crippen LogP contribution is -2.42. The van der Waals surface area contributed by atoms with Crippen molar-refractivity contribution in [2.24, 2.45) is 5.92 Å². The highest BCUT2D eigenvalue weighted by Gasteiger charge is 2.28. The molecular weight excluding hydrogens is 418 g/mol. The number of carbonyl (C=O) groups is 2. The molecule has 2 heterocycles. The Morgan fingerprint density at radius 3 is 2.31 bits per heavy atom. The van der Waals surface area contributed by atoms with Crippen LogP contribution in [-0.4, -0.2) is 67.6 Å². The molecule has 0 aromatic heterocycles. The predicted molar refractivity (Wildman–Crippen MR) is 114 cm³/mol. The van der Waals surface area contributed by atoms with E-state index in [1.165, 1.54) is 11.0 Å². The van der Waals surface area contributed by atoms with Gasteiger partial charge in [-0.1, -0.05) is 6.07 Å². The minimum atomic E-state index is -0.847. The van der Waals surface area contributed by atoms with Crippen LogP contribution in [0.5, 0.6) is 5.75 Å². The van der Waals surface area contributed by atoms with Crippen molar-refractivity contribution in [3.8, 4) is 5.75 Å². The number of morpholine rings is 1. The Morgan fingerprint density at radius 2 is 1.62 bits per heavy atom. The van der Waals surface area contributed by atoms with Crippen LogP contribution in [-0.2, 0) is 4.74 Å². The number of carbonyl (C=O) groups excluding carboxylic acids is 2. The van der Waals surface area contributed by atoms with Crippen LogP contribution in [0.15, 0.2) is 42.5 Å². The van der Waals surface area contributed by atoms with Crippen LogP contribution in [0.25, 0.3) is 0 Å². The van der Waals surface area contributed by atoms with E-state index in [0.29, 0.717) is 57.3 Å². The van der Waals surface area contributed by atoms with Crippen molar-refractivity contribution in [2.75, 3.05) is 46.0 Å². The lowest BCUT2D eigenvalue weighted by atomic mass is 9.98. The number of rotatable bonds is 5. The number of halogens is 2. The zero-order chi connectivity index (χ0) is 22.5. The van der Waals surface area contributed by atoms with Gasteiger partial charge in [0.1, 0.15) is 22.9 Å². The first-order chi connectivity index (χ1) is 15.5. The fourth-order valence-corrected chi connectivity index (χ4v) is 4.10. The smallest absolute Gasteiger partial charge is 0.259 e. The van der Waals surface area contributed by atoms with E-state index in [9.17, 15) is 18.4 Å². The monoisotopic (exact) mass is 444 g/mol. The normalized spacial score (nSPS) is 19.0. The van der Waals surface area contributed by atoms with Gasteiger partial charge >= 0.3 is 0 Å². The molecule has 2 fully saturated rings. The third kappa shape index (κ3) is 5.07. The van der Waals surface area contributed by atoms with E-state index in [0.717, 1.165) is 25.0 Å². The molecule has 2 aromatic carbocycles. The first-order valence-electron chi connectivity index (χ1n) is 10.9. The molecule has 1 atom stereocenters. The number of amides is 2. The molecule has 2 aliphatic heterocycles. The summed E-state index contributed by atoms with van der Waals surface area (Å²) in [5.74, 6) is -1.66. The first kappa shape index (κ1) is 22.2. The molecule has 170 valence electrons. The van der Waals surface area contributed by atoms with Crippen LogP contribution in [0, 0.1) is 17.6 Å². The highest BCUT2D eigenvalue weighted by atomic mass is 19.1. The maximum Gasteiger partial charge on any atom is 0.259 e. The largest absolute Gasteiger partial charge is 0.493 e. The molecule has 0 unspecified atom stereocenters. The highest BCUT2D eigenvalue weighted by Crippen LogP contribution is 2.23. The van der Waals surface area contributed by atoms with Crippen LogP contribution >= 0.6 is 0 Å². The summed E-state index contributed by atoms with van der Waals surface area (Å²) in [6.45, 7) is 3.49. The fraction of sp³-hybridized carbons (Fsp3) is 0.417. The number of benzene rings is 2. The topological polar surface area (TPSA) is 59.1 Å². The van der Waals surface area contributed by atoms with E-state index in [1.54, 1.807) is 29.2 Å². The molecule has 4 rings (SSSR count). The minimum absolute atomic E-state index is 0.0262. The van der Waals surface area contributed by atoms with Gasteiger partial charge in [-0.2, -0.15) is 0 Å². The van der Waals surface area contributed by atoms with E-state index < -0.39 is 23.1 Å². The van der Waals surface area contributed by atoms with Gasteiger partial charge in [0, 0.05) is 37.7 Å². The van der Waals surface area contributed by atoms with Crippen LogP contribution in [0.4, 0.5) is 8.78 Å². The van der Waals surface area contributed by atoms with Gasteiger partial charge in [-0.05, 0) is 49.2 Å². The molecular formula is C24H26F2N2O4. The minimum Gasteiger partial charge on any atom is -0.493 e. The predicted octanol–water partition coefficient (Wildman–Crippen LogP) is 3.37. The maximum absolute atomic E-state index is 14.0. The molecule has 0 saturated carbocycles. The summed E-state index contributed by atoms with van der Waals surface area (Å²) in [6.07, 6.45) is 1.60. The summed E-state index contributed by atoms with van der Waals surface area (Å²) in [7, 11) is 0. The van der Waals surface area contributed by atoms with Gasteiger partial charge < -0.3 is 19.3 Å². The van der Waals surface area contributed by atoms with E-state index in [4.69, 9.17) is 9.47 Å². The molecule has 0 aliphatic carbocycles. The summed E-state index contributed by atoms with van der Waals surface area (Å²) >= 11 is 0. The Bertz CT molecular complexity index is 941. The summed E-state index contributed by atoms with van der Waals surface area (Å²) in [6, 6.07) is 10.4. The third-order valence-corrected chi connectivity index (χ3v) is 5.87. The molecule has 0 radical (unpaired) electrons. The van der Waals surface area contributed by atoms with E-state index >= 15 is 0 Å². The Labute approximate surface area is 185 Å².